The summed E-state index contributed by atoms with van der Waals surface area (Å²) in [4.78, 5) is 27.3. The van der Waals surface area contributed by atoms with Crippen LogP contribution in [0.1, 0.15) is 37.8 Å². The lowest BCUT2D eigenvalue weighted by Crippen LogP contribution is -2.39. The summed E-state index contributed by atoms with van der Waals surface area (Å²) in [6.45, 7) is 4.68. The first kappa shape index (κ1) is 21.0. The molecule has 4 rings (SSSR count). The smallest absolute Gasteiger partial charge is 0.289 e. The molecule has 0 unspecified atom stereocenters. The van der Waals surface area contributed by atoms with E-state index >= 15 is 0 Å². The molecule has 0 bridgehead atoms. The number of carbonyl (C=O) groups is 2. The lowest BCUT2D eigenvalue weighted by atomic mass is 9.98. The Kier molecular flexibility index (Phi) is 5.98. The van der Waals surface area contributed by atoms with Crippen molar-refractivity contribution in [2.75, 3.05) is 13.3 Å². The van der Waals surface area contributed by atoms with Gasteiger partial charge < -0.3 is 19.1 Å². The number of aryl methyl sites for hydroxylation is 1. The Bertz CT molecular complexity index is 996. The average Bonchev–Trinajstić information content (AvgIpc) is 3.21. The van der Waals surface area contributed by atoms with E-state index in [1.807, 2.05) is 50.2 Å². The molecule has 0 aliphatic carbocycles. The first-order valence-electron chi connectivity index (χ1n) is 10.6. The van der Waals surface area contributed by atoms with Crippen LogP contribution in [0.2, 0.25) is 0 Å². The largest absolute Gasteiger partial charge is 0.481 e. The highest BCUT2D eigenvalue weighted by Gasteiger charge is 2.34. The number of amides is 1. The maximum atomic E-state index is 13.4. The lowest BCUT2D eigenvalue weighted by molar-refractivity contribution is -0.138. The van der Waals surface area contributed by atoms with Gasteiger partial charge in [-0.25, -0.2) is 0 Å². The lowest BCUT2D eigenvalue weighted by Gasteiger charge is -2.32. The van der Waals surface area contributed by atoms with Gasteiger partial charge in [0.1, 0.15) is 5.60 Å². The number of hydrogen-bond acceptors (Lipinski definition) is 5. The molecular weight excluding hydrogens is 394 g/mol. The molecule has 0 radical (unpaired) electrons. The molecule has 2 aromatic carbocycles. The summed E-state index contributed by atoms with van der Waals surface area (Å²) in [6, 6.07) is 15.8. The molecule has 2 aromatic rings. The van der Waals surface area contributed by atoms with Gasteiger partial charge in [-0.05, 0) is 38.3 Å². The van der Waals surface area contributed by atoms with Crippen LogP contribution >= 0.6 is 0 Å². The molecule has 0 saturated carbocycles. The zero-order valence-electron chi connectivity index (χ0n) is 17.9. The van der Waals surface area contributed by atoms with E-state index in [1.165, 1.54) is 11.6 Å². The van der Waals surface area contributed by atoms with E-state index in [2.05, 4.69) is 12.1 Å². The fourth-order valence-corrected chi connectivity index (χ4v) is 3.93. The van der Waals surface area contributed by atoms with Crippen LogP contribution in [0.5, 0.6) is 11.5 Å². The number of allylic oxidation sites excluding steroid dienone is 1. The number of benzene rings is 2. The molecule has 0 fully saturated rings. The maximum Gasteiger partial charge on any atom is 0.289 e. The Labute approximate surface area is 182 Å². The van der Waals surface area contributed by atoms with Gasteiger partial charge in [0.15, 0.2) is 23.0 Å². The first-order chi connectivity index (χ1) is 14.9. The summed E-state index contributed by atoms with van der Waals surface area (Å²) in [5.41, 5.74) is 1.39. The second-order valence-corrected chi connectivity index (χ2v) is 8.48. The zero-order chi connectivity index (χ0) is 21.8. The van der Waals surface area contributed by atoms with Crippen molar-refractivity contribution in [3.05, 3.63) is 71.5 Å². The fraction of sp³-hybridized carbons (Fsp3) is 0.360. The Balaban J connectivity index is 1.54. The average molecular weight is 421 g/mol. The second-order valence-electron chi connectivity index (χ2n) is 8.48. The predicted octanol–water partition coefficient (Wildman–Crippen LogP) is 4.03. The molecule has 0 N–H and O–H groups in total. The molecule has 1 amide bonds. The normalized spacial score (nSPS) is 16.5. The molecule has 0 saturated heterocycles. The molecular formula is C25H27NO5. The van der Waals surface area contributed by atoms with Gasteiger partial charge in [0.2, 0.25) is 6.79 Å². The van der Waals surface area contributed by atoms with Crippen molar-refractivity contribution >= 4 is 11.7 Å². The molecule has 6 nitrogen and oxygen atoms in total. The van der Waals surface area contributed by atoms with E-state index < -0.39 is 5.60 Å². The van der Waals surface area contributed by atoms with Gasteiger partial charge in [-0.1, -0.05) is 42.5 Å². The van der Waals surface area contributed by atoms with Crippen LogP contribution in [-0.4, -0.2) is 35.5 Å². The summed E-state index contributed by atoms with van der Waals surface area (Å²) < 4.78 is 17.0. The Morgan fingerprint density at radius 1 is 1.06 bits per heavy atom. The van der Waals surface area contributed by atoms with Crippen molar-refractivity contribution in [3.8, 4) is 11.5 Å². The van der Waals surface area contributed by atoms with E-state index in [0.717, 1.165) is 18.4 Å². The number of nitrogens with zero attached hydrogens (tertiary/aromatic N) is 1. The van der Waals surface area contributed by atoms with Gasteiger partial charge in [-0.15, -0.1) is 0 Å². The van der Waals surface area contributed by atoms with Crippen LogP contribution in [0.3, 0.4) is 0 Å². The molecule has 31 heavy (non-hydrogen) atoms. The van der Waals surface area contributed by atoms with Crippen LogP contribution in [0.25, 0.3) is 0 Å². The summed E-state index contributed by atoms with van der Waals surface area (Å²) in [6.07, 6.45) is 3.22. The highest BCUT2D eigenvalue weighted by molar-refractivity contribution is 6.01. The van der Waals surface area contributed by atoms with Crippen LogP contribution < -0.4 is 9.47 Å². The summed E-state index contributed by atoms with van der Waals surface area (Å²) >= 11 is 0. The van der Waals surface area contributed by atoms with Crippen molar-refractivity contribution in [1.29, 1.82) is 0 Å². The number of carbonyl (C=O) groups excluding carboxylic acids is 2. The van der Waals surface area contributed by atoms with E-state index in [4.69, 9.17) is 14.2 Å². The third-order valence-corrected chi connectivity index (χ3v) is 5.35. The topological polar surface area (TPSA) is 65.1 Å². The maximum absolute atomic E-state index is 13.4. The Morgan fingerprint density at radius 2 is 1.87 bits per heavy atom. The highest BCUT2D eigenvalue weighted by Crippen LogP contribution is 2.36. The van der Waals surface area contributed by atoms with E-state index in [9.17, 15) is 9.59 Å². The standard InChI is InChI=1S/C25H27NO5/c1-25(2)15-20(27)14-22(31-25)24(28)26(13-7-10-18-8-4-3-5-9-18)16-19-11-6-12-21-23(19)30-17-29-21/h3-6,8-9,11-12,14H,7,10,13,15-17H2,1-2H3. The van der Waals surface area contributed by atoms with E-state index in [-0.39, 0.29) is 30.7 Å². The van der Waals surface area contributed by atoms with Crippen LogP contribution in [0, 0.1) is 0 Å². The summed E-state index contributed by atoms with van der Waals surface area (Å²) in [5, 5.41) is 0. The number of para-hydroxylation sites is 1. The van der Waals surface area contributed by atoms with E-state index in [0.29, 0.717) is 24.6 Å². The third-order valence-electron chi connectivity index (χ3n) is 5.35. The minimum absolute atomic E-state index is 0.0961. The second kappa shape index (κ2) is 8.84. The predicted molar refractivity (Wildman–Crippen MR) is 116 cm³/mol. The van der Waals surface area contributed by atoms with Crippen LogP contribution in [0.4, 0.5) is 0 Å². The first-order valence-corrected chi connectivity index (χ1v) is 10.6. The summed E-state index contributed by atoms with van der Waals surface area (Å²) in [7, 11) is 0. The molecule has 0 aromatic heterocycles. The van der Waals surface area contributed by atoms with Gasteiger partial charge in [0.05, 0.1) is 0 Å². The number of hydrogen-bond donors (Lipinski definition) is 0. The van der Waals surface area contributed by atoms with Crippen LogP contribution in [0.15, 0.2) is 60.4 Å². The molecule has 0 atom stereocenters. The molecule has 2 aliphatic heterocycles. The molecule has 2 aliphatic rings. The quantitative estimate of drug-likeness (QED) is 0.675. The monoisotopic (exact) mass is 421 g/mol. The van der Waals surface area contributed by atoms with Crippen molar-refractivity contribution < 1.29 is 23.8 Å². The fourth-order valence-electron chi connectivity index (χ4n) is 3.93. The number of rotatable bonds is 7. The minimum Gasteiger partial charge on any atom is -0.481 e. The molecule has 162 valence electrons. The van der Waals surface area contributed by atoms with Crippen LogP contribution in [-0.2, 0) is 27.3 Å². The van der Waals surface area contributed by atoms with E-state index in [1.54, 1.807) is 4.90 Å². The number of fused-ring (bicyclic) bond motifs is 1. The van der Waals surface area contributed by atoms with Gasteiger partial charge in [0, 0.05) is 31.1 Å². The number of ketones is 1. The molecule has 0 spiro atoms. The van der Waals surface area contributed by atoms with Gasteiger partial charge in [0.25, 0.3) is 5.91 Å². The Morgan fingerprint density at radius 3 is 2.65 bits per heavy atom. The highest BCUT2D eigenvalue weighted by atomic mass is 16.7. The van der Waals surface area contributed by atoms with Crippen molar-refractivity contribution in [2.45, 2.75) is 45.3 Å². The third kappa shape index (κ3) is 5.08. The zero-order valence-corrected chi connectivity index (χ0v) is 17.9. The molecule has 6 heteroatoms. The van der Waals surface area contributed by atoms with Crippen molar-refractivity contribution in [1.82, 2.24) is 4.90 Å². The Hall–Kier alpha value is -3.28. The van der Waals surface area contributed by atoms with Gasteiger partial charge in [-0.3, -0.25) is 9.59 Å². The van der Waals surface area contributed by atoms with Crippen molar-refractivity contribution in [3.63, 3.8) is 0 Å². The van der Waals surface area contributed by atoms with Gasteiger partial charge in [-0.2, -0.15) is 0 Å². The SMILES string of the molecule is CC1(C)CC(=O)C=C(C(=O)N(CCCc2ccccc2)Cc2cccc3c2OCO3)O1. The van der Waals surface area contributed by atoms with Gasteiger partial charge >= 0.3 is 0 Å². The minimum atomic E-state index is -0.697. The van der Waals surface area contributed by atoms with Crippen molar-refractivity contribution in [2.24, 2.45) is 0 Å². The molecule has 2 heterocycles. The summed E-state index contributed by atoms with van der Waals surface area (Å²) in [5.74, 6) is 1.06. The number of ether oxygens (including phenoxy) is 3.